The lowest BCUT2D eigenvalue weighted by molar-refractivity contribution is -0.138. The summed E-state index contributed by atoms with van der Waals surface area (Å²) >= 11 is 0.823. The predicted octanol–water partition coefficient (Wildman–Crippen LogP) is 2.30. The summed E-state index contributed by atoms with van der Waals surface area (Å²) in [6, 6.07) is 4.87. The molecule has 0 spiro atoms. The van der Waals surface area contributed by atoms with E-state index in [1.165, 1.54) is 0 Å². The van der Waals surface area contributed by atoms with E-state index in [0.29, 0.717) is 16.9 Å². The number of carbonyl (C=O) groups excluding carboxylic acids is 3. The lowest BCUT2D eigenvalue weighted by Crippen LogP contribution is -2.17. The summed E-state index contributed by atoms with van der Waals surface area (Å²) in [5.41, 5.74) is 1.10. The first kappa shape index (κ1) is 20.1. The smallest absolute Gasteiger partial charge is 0.314 e. The Bertz CT molecular complexity index is 856. The quantitative estimate of drug-likeness (QED) is 0.386. The van der Waals surface area contributed by atoms with E-state index in [1.54, 1.807) is 24.3 Å². The molecule has 0 atom stereocenters. The number of rotatable bonds is 5. The van der Waals surface area contributed by atoms with E-state index in [4.69, 9.17) is 9.84 Å². The zero-order chi connectivity index (χ0) is 20.3. The average molecular weight is 405 g/mol. The molecule has 1 aromatic rings. The van der Waals surface area contributed by atoms with E-state index in [2.05, 4.69) is 5.32 Å². The maximum atomic E-state index is 11.7. The Kier molecular flexibility index (Phi) is 6.15. The highest BCUT2D eigenvalue weighted by atomic mass is 32.2. The minimum atomic E-state index is -0.630. The Hall–Kier alpha value is -2.65. The molecule has 2 amide bonds. The average Bonchev–Trinajstić information content (AvgIpc) is 3.55. The molecule has 2 aliphatic carbocycles. The highest BCUT2D eigenvalue weighted by molar-refractivity contribution is 8.18. The van der Waals surface area contributed by atoms with Crippen LogP contribution in [0.2, 0.25) is 0 Å². The Morgan fingerprint density at radius 2 is 1.86 bits per heavy atom. The van der Waals surface area contributed by atoms with E-state index in [-0.39, 0.29) is 29.3 Å². The van der Waals surface area contributed by atoms with Crippen molar-refractivity contribution < 1.29 is 34.1 Å². The third-order valence-corrected chi connectivity index (χ3v) is 5.05. The van der Waals surface area contributed by atoms with Gasteiger partial charge in [-0.05, 0) is 61.2 Å². The van der Waals surface area contributed by atoms with Crippen LogP contribution in [0.3, 0.4) is 0 Å². The number of carboxylic acids is 1. The highest BCUT2D eigenvalue weighted by Gasteiger charge is 2.32. The van der Waals surface area contributed by atoms with Crippen molar-refractivity contribution in [2.75, 3.05) is 0 Å². The zero-order valence-corrected chi connectivity index (χ0v) is 15.7. The number of carbonyl (C=O) groups is 4. The van der Waals surface area contributed by atoms with Crippen molar-refractivity contribution >= 4 is 40.9 Å². The number of carboxylic acid groups (broad SMARTS) is 1. The van der Waals surface area contributed by atoms with Gasteiger partial charge in [0.1, 0.15) is 5.75 Å². The molecule has 8 nitrogen and oxygen atoms in total. The Morgan fingerprint density at radius 1 is 1.18 bits per heavy atom. The third-order valence-electron chi connectivity index (χ3n) is 4.24. The summed E-state index contributed by atoms with van der Waals surface area (Å²) in [5, 5.41) is 19.2. The number of aliphatic hydroxyl groups excluding tert-OH is 1. The fourth-order valence-corrected chi connectivity index (χ4v) is 3.01. The van der Waals surface area contributed by atoms with Gasteiger partial charge in [-0.25, -0.2) is 0 Å². The summed E-state index contributed by atoms with van der Waals surface area (Å²) in [7, 11) is 0. The summed E-state index contributed by atoms with van der Waals surface area (Å²) in [4.78, 5) is 44.3. The van der Waals surface area contributed by atoms with Gasteiger partial charge in [0.25, 0.3) is 11.1 Å². The van der Waals surface area contributed by atoms with Gasteiger partial charge in [0, 0.05) is 5.56 Å². The lowest BCUT2D eigenvalue weighted by Gasteiger charge is -2.09. The molecule has 1 aliphatic heterocycles. The predicted molar refractivity (Wildman–Crippen MR) is 100 cm³/mol. The van der Waals surface area contributed by atoms with Gasteiger partial charge in [-0.15, -0.1) is 0 Å². The van der Waals surface area contributed by atoms with Gasteiger partial charge in [-0.1, -0.05) is 6.07 Å². The van der Waals surface area contributed by atoms with Crippen molar-refractivity contribution in [2.45, 2.75) is 32.3 Å². The van der Waals surface area contributed by atoms with Crippen LogP contribution in [0.5, 0.6) is 5.75 Å². The first-order valence-electron chi connectivity index (χ1n) is 8.80. The fourth-order valence-electron chi connectivity index (χ4n) is 2.33. The van der Waals surface area contributed by atoms with E-state index in [0.717, 1.165) is 37.4 Å². The van der Waals surface area contributed by atoms with Crippen molar-refractivity contribution in [2.24, 2.45) is 11.8 Å². The van der Waals surface area contributed by atoms with Gasteiger partial charge in [0.05, 0.1) is 23.3 Å². The molecular formula is C19H19NO7S. The van der Waals surface area contributed by atoms with Crippen molar-refractivity contribution in [3.05, 3.63) is 34.2 Å². The van der Waals surface area contributed by atoms with Gasteiger partial charge in [-0.2, -0.15) is 0 Å². The molecular weight excluding hydrogens is 386 g/mol. The first-order valence-corrected chi connectivity index (χ1v) is 9.62. The number of ether oxygens (including phenoxy) is 1. The number of amides is 2. The molecule has 1 aromatic carbocycles. The van der Waals surface area contributed by atoms with E-state index < -0.39 is 17.1 Å². The maximum absolute atomic E-state index is 11.7. The second kappa shape index (κ2) is 8.57. The molecule has 1 heterocycles. The van der Waals surface area contributed by atoms with Crippen LogP contribution in [0, 0.1) is 11.8 Å². The van der Waals surface area contributed by atoms with Gasteiger partial charge in [-0.3, -0.25) is 24.5 Å². The molecule has 4 rings (SSSR count). The summed E-state index contributed by atoms with van der Waals surface area (Å²) in [6.45, 7) is -0.289. The van der Waals surface area contributed by atoms with Crippen molar-refractivity contribution in [3.8, 4) is 5.75 Å². The fraction of sp³-hybridized carbons (Fsp3) is 0.368. The lowest BCUT2D eigenvalue weighted by atomic mass is 10.1. The molecule has 0 unspecified atom stereocenters. The third kappa shape index (κ3) is 5.43. The van der Waals surface area contributed by atoms with Gasteiger partial charge in [0.15, 0.2) is 0 Å². The Balaban J connectivity index is 0.000000320. The molecule has 3 N–H and O–H groups in total. The van der Waals surface area contributed by atoms with Gasteiger partial charge in [0.2, 0.25) is 0 Å². The SMILES string of the molecule is O=C(O)C1CC1.O=C1NC(=O)/C(=C/c2ccc(OC(=O)C3CC3)c(CO)c2)S1. The number of thioether (sulfide) groups is 1. The second-order valence-corrected chi connectivity index (χ2v) is 7.70. The first-order chi connectivity index (χ1) is 13.4. The Labute approximate surface area is 164 Å². The summed E-state index contributed by atoms with van der Waals surface area (Å²) in [6.07, 6.45) is 5.04. The monoisotopic (exact) mass is 405 g/mol. The van der Waals surface area contributed by atoms with Crippen LogP contribution in [-0.2, 0) is 21.0 Å². The molecule has 3 fully saturated rings. The maximum Gasteiger partial charge on any atom is 0.314 e. The summed E-state index contributed by atoms with van der Waals surface area (Å²) in [5.74, 6) is -1.04. The minimum Gasteiger partial charge on any atom is -0.481 e. The van der Waals surface area contributed by atoms with E-state index in [1.807, 2.05) is 0 Å². The number of benzene rings is 1. The van der Waals surface area contributed by atoms with Crippen molar-refractivity contribution in [3.63, 3.8) is 0 Å². The summed E-state index contributed by atoms with van der Waals surface area (Å²) < 4.78 is 5.27. The number of aliphatic carboxylic acids is 1. The molecule has 1 saturated heterocycles. The van der Waals surface area contributed by atoms with Gasteiger partial charge < -0.3 is 14.9 Å². The van der Waals surface area contributed by atoms with E-state index in [9.17, 15) is 24.3 Å². The molecule has 3 aliphatic rings. The molecule has 28 heavy (non-hydrogen) atoms. The topological polar surface area (TPSA) is 130 Å². The molecule has 148 valence electrons. The molecule has 9 heteroatoms. The number of imide groups is 1. The molecule has 0 bridgehead atoms. The number of aliphatic hydroxyl groups is 1. The highest BCUT2D eigenvalue weighted by Crippen LogP contribution is 2.32. The van der Waals surface area contributed by atoms with Crippen LogP contribution in [0.15, 0.2) is 23.1 Å². The van der Waals surface area contributed by atoms with Crippen LogP contribution >= 0.6 is 11.8 Å². The standard InChI is InChI=1S/C15H13NO5S.C4H6O2/c17-7-10-5-8(6-12-13(18)16-15(20)22-12)1-4-11(10)21-14(19)9-2-3-9;5-4(6)3-1-2-3/h1,4-6,9,17H,2-3,7H2,(H,16,18,20);3H,1-2H2,(H,5,6)/b12-6-;. The number of hydrogen-bond donors (Lipinski definition) is 3. The normalized spacial score (nSPS) is 19.7. The Morgan fingerprint density at radius 3 is 2.32 bits per heavy atom. The van der Waals surface area contributed by atoms with Gasteiger partial charge >= 0.3 is 11.9 Å². The molecule has 0 radical (unpaired) electrons. The van der Waals surface area contributed by atoms with Crippen LogP contribution < -0.4 is 10.1 Å². The van der Waals surface area contributed by atoms with Crippen LogP contribution in [-0.4, -0.2) is 33.3 Å². The zero-order valence-electron chi connectivity index (χ0n) is 14.8. The number of hydrogen-bond acceptors (Lipinski definition) is 7. The minimum absolute atomic E-state index is 0.0185. The van der Waals surface area contributed by atoms with Crippen molar-refractivity contribution in [1.82, 2.24) is 5.32 Å². The molecule has 2 saturated carbocycles. The second-order valence-electron chi connectivity index (χ2n) is 6.69. The van der Waals surface area contributed by atoms with Crippen LogP contribution in [0.1, 0.15) is 36.8 Å². The van der Waals surface area contributed by atoms with Crippen LogP contribution in [0.4, 0.5) is 4.79 Å². The number of nitrogens with one attached hydrogen (secondary N) is 1. The number of esters is 1. The largest absolute Gasteiger partial charge is 0.481 e. The van der Waals surface area contributed by atoms with Crippen molar-refractivity contribution in [1.29, 1.82) is 0 Å². The molecule has 0 aromatic heterocycles. The van der Waals surface area contributed by atoms with E-state index >= 15 is 0 Å². The van der Waals surface area contributed by atoms with Crippen LogP contribution in [0.25, 0.3) is 6.08 Å².